The second-order valence-electron chi connectivity index (χ2n) is 8.02. The van der Waals surface area contributed by atoms with Gasteiger partial charge in [0.15, 0.2) is 22.3 Å². The number of hydrogen-bond donors (Lipinski definition) is 1. The molecule has 1 aliphatic heterocycles. The predicted octanol–water partition coefficient (Wildman–Crippen LogP) is 4.36. The molecule has 1 saturated heterocycles. The van der Waals surface area contributed by atoms with E-state index in [1.807, 2.05) is 18.5 Å². The molecule has 2 amide bonds. The van der Waals surface area contributed by atoms with E-state index in [0.29, 0.717) is 41.2 Å². The number of hydrogen-bond acceptors (Lipinski definition) is 6. The van der Waals surface area contributed by atoms with E-state index >= 15 is 0 Å². The molecule has 0 unspecified atom stereocenters. The zero-order valence-electron chi connectivity index (χ0n) is 18.2. The summed E-state index contributed by atoms with van der Waals surface area (Å²) in [6, 6.07) is 6.99. The number of nitrogens with one attached hydrogen (secondary N) is 1. The van der Waals surface area contributed by atoms with E-state index in [2.05, 4.69) is 15.3 Å². The van der Waals surface area contributed by atoms with Crippen LogP contribution in [0, 0.1) is 13.8 Å². The highest BCUT2D eigenvalue weighted by atomic mass is 35.5. The summed E-state index contributed by atoms with van der Waals surface area (Å²) < 4.78 is 7.57. The lowest BCUT2D eigenvalue weighted by Gasteiger charge is -2.24. The third kappa shape index (κ3) is 4.02. The predicted molar refractivity (Wildman–Crippen MR) is 126 cm³/mol. The number of benzene rings is 1. The summed E-state index contributed by atoms with van der Waals surface area (Å²) in [6.07, 6.45) is 3.50. The normalized spacial score (nSPS) is 16.0. The van der Waals surface area contributed by atoms with Crippen LogP contribution in [0.25, 0.3) is 16.3 Å². The van der Waals surface area contributed by atoms with Crippen molar-refractivity contribution >= 4 is 39.7 Å². The number of oxazole rings is 1. The number of carbonyl (C=O) groups excluding carboxylic acids is 2. The molecule has 0 spiro atoms. The van der Waals surface area contributed by atoms with E-state index in [1.165, 1.54) is 11.3 Å². The first-order valence-electron chi connectivity index (χ1n) is 10.7. The summed E-state index contributed by atoms with van der Waals surface area (Å²) in [6.45, 7) is 4.50. The van der Waals surface area contributed by atoms with Crippen LogP contribution in [-0.2, 0) is 0 Å². The van der Waals surface area contributed by atoms with Crippen LogP contribution in [0.5, 0.6) is 0 Å². The number of carbonyl (C=O) groups is 2. The Morgan fingerprint density at radius 3 is 2.82 bits per heavy atom. The maximum absolute atomic E-state index is 13.5. The Bertz CT molecular complexity index is 1340. The van der Waals surface area contributed by atoms with Gasteiger partial charge < -0.3 is 14.6 Å². The average Bonchev–Trinajstić information content (AvgIpc) is 3.56. The number of rotatable bonds is 5. The van der Waals surface area contributed by atoms with Gasteiger partial charge in [0.25, 0.3) is 11.8 Å². The SMILES string of the molecule is Cc1nc(C(=O)N2CCC[C@H]2CNC(=O)c2c(C)nc3sccn23)c(-c2ccc(Cl)cc2)o1. The molecule has 4 aromatic rings. The number of halogens is 1. The molecule has 1 atom stereocenters. The van der Waals surface area contributed by atoms with Gasteiger partial charge in [-0.05, 0) is 44.0 Å². The fraction of sp³-hybridized carbons (Fsp3) is 0.304. The van der Waals surface area contributed by atoms with Crippen molar-refractivity contribution < 1.29 is 14.0 Å². The molecule has 5 rings (SSSR count). The van der Waals surface area contributed by atoms with E-state index in [-0.39, 0.29) is 23.6 Å². The lowest BCUT2D eigenvalue weighted by molar-refractivity contribution is 0.0720. The minimum Gasteiger partial charge on any atom is -0.440 e. The topological polar surface area (TPSA) is 92.7 Å². The van der Waals surface area contributed by atoms with Gasteiger partial charge in [0.1, 0.15) is 5.69 Å². The van der Waals surface area contributed by atoms with Crippen molar-refractivity contribution in [2.45, 2.75) is 32.7 Å². The van der Waals surface area contributed by atoms with Gasteiger partial charge in [-0.15, -0.1) is 11.3 Å². The Hall–Kier alpha value is -3.17. The molecule has 1 aliphatic rings. The Kier molecular flexibility index (Phi) is 5.67. The molecule has 4 heterocycles. The molecular formula is C23H22ClN5O3S. The molecule has 10 heteroatoms. The molecule has 170 valence electrons. The Morgan fingerprint density at radius 1 is 1.24 bits per heavy atom. The smallest absolute Gasteiger partial charge is 0.276 e. The number of thiazole rings is 1. The number of fused-ring (bicyclic) bond motifs is 1. The summed E-state index contributed by atoms with van der Waals surface area (Å²) in [5.41, 5.74) is 2.23. The monoisotopic (exact) mass is 483 g/mol. The van der Waals surface area contributed by atoms with Crippen molar-refractivity contribution in [1.29, 1.82) is 0 Å². The van der Waals surface area contributed by atoms with Crippen LogP contribution in [0.4, 0.5) is 0 Å². The molecule has 3 aromatic heterocycles. The molecule has 1 fully saturated rings. The molecule has 1 N–H and O–H groups in total. The first kappa shape index (κ1) is 21.7. The first-order valence-corrected chi connectivity index (χ1v) is 11.9. The van der Waals surface area contributed by atoms with Crippen molar-refractivity contribution in [3.63, 3.8) is 0 Å². The number of nitrogens with zero attached hydrogens (tertiary/aromatic N) is 4. The van der Waals surface area contributed by atoms with Gasteiger partial charge in [-0.3, -0.25) is 14.0 Å². The van der Waals surface area contributed by atoms with E-state index < -0.39 is 0 Å². The maximum Gasteiger partial charge on any atom is 0.276 e. The van der Waals surface area contributed by atoms with Crippen molar-refractivity contribution in [2.24, 2.45) is 0 Å². The largest absolute Gasteiger partial charge is 0.440 e. The van der Waals surface area contributed by atoms with Crippen LogP contribution in [0.3, 0.4) is 0 Å². The zero-order valence-corrected chi connectivity index (χ0v) is 19.7. The quantitative estimate of drug-likeness (QED) is 0.455. The van der Waals surface area contributed by atoms with Gasteiger partial charge in [0.2, 0.25) is 0 Å². The fourth-order valence-electron chi connectivity index (χ4n) is 4.28. The highest BCUT2D eigenvalue weighted by molar-refractivity contribution is 7.15. The van der Waals surface area contributed by atoms with Gasteiger partial charge in [-0.25, -0.2) is 9.97 Å². The molecule has 8 nitrogen and oxygen atoms in total. The number of likely N-dealkylation sites (tertiary alicyclic amines) is 1. The molecule has 0 bridgehead atoms. The summed E-state index contributed by atoms with van der Waals surface area (Å²) in [5, 5.41) is 5.50. The lowest BCUT2D eigenvalue weighted by atomic mass is 10.1. The van der Waals surface area contributed by atoms with E-state index in [0.717, 1.165) is 23.4 Å². The second-order valence-corrected chi connectivity index (χ2v) is 9.33. The minimum atomic E-state index is -0.200. The molecule has 0 aliphatic carbocycles. The third-order valence-electron chi connectivity index (χ3n) is 5.83. The standard InChI is InChI=1S/C23H22ClN5O3S/c1-13-19(29-10-11-33-23(29)26-13)21(30)25-12-17-4-3-9-28(17)22(31)18-20(32-14(2)27-18)15-5-7-16(24)8-6-15/h5-8,10-11,17H,3-4,9,12H2,1-2H3,(H,25,30)/t17-/m0/s1. The van der Waals surface area contributed by atoms with Gasteiger partial charge >= 0.3 is 0 Å². The van der Waals surface area contributed by atoms with Crippen LogP contribution < -0.4 is 5.32 Å². The van der Waals surface area contributed by atoms with Gasteiger partial charge in [-0.1, -0.05) is 11.6 Å². The second kappa shape index (κ2) is 8.64. The van der Waals surface area contributed by atoms with Crippen molar-refractivity contribution in [3.05, 3.63) is 63.8 Å². The van der Waals surface area contributed by atoms with E-state index in [9.17, 15) is 9.59 Å². The van der Waals surface area contributed by atoms with Gasteiger partial charge in [0, 0.05) is 48.2 Å². The van der Waals surface area contributed by atoms with Crippen LogP contribution in [0.1, 0.15) is 45.4 Å². The van der Waals surface area contributed by atoms with E-state index in [4.69, 9.17) is 16.0 Å². The van der Waals surface area contributed by atoms with Crippen molar-refractivity contribution in [3.8, 4) is 11.3 Å². The van der Waals surface area contributed by atoms with Crippen molar-refractivity contribution in [2.75, 3.05) is 13.1 Å². The average molecular weight is 484 g/mol. The number of aryl methyl sites for hydroxylation is 2. The molecule has 33 heavy (non-hydrogen) atoms. The van der Waals surface area contributed by atoms with Crippen LogP contribution >= 0.6 is 22.9 Å². The fourth-order valence-corrected chi connectivity index (χ4v) is 5.17. The Balaban J connectivity index is 1.33. The highest BCUT2D eigenvalue weighted by Gasteiger charge is 2.33. The number of amides is 2. The van der Waals surface area contributed by atoms with Gasteiger partial charge in [-0.2, -0.15) is 0 Å². The van der Waals surface area contributed by atoms with Crippen LogP contribution in [-0.4, -0.2) is 50.2 Å². The minimum absolute atomic E-state index is 0.122. The Morgan fingerprint density at radius 2 is 2.03 bits per heavy atom. The Labute approximate surface area is 199 Å². The number of aromatic nitrogens is 3. The molecule has 1 aromatic carbocycles. The summed E-state index contributed by atoms with van der Waals surface area (Å²) >= 11 is 7.48. The summed E-state index contributed by atoms with van der Waals surface area (Å²) in [7, 11) is 0. The third-order valence-corrected chi connectivity index (χ3v) is 6.84. The van der Waals surface area contributed by atoms with Crippen molar-refractivity contribution in [1.82, 2.24) is 24.6 Å². The lowest BCUT2D eigenvalue weighted by Crippen LogP contribution is -2.43. The molecule has 0 radical (unpaired) electrons. The maximum atomic E-state index is 13.5. The van der Waals surface area contributed by atoms with Crippen LogP contribution in [0.2, 0.25) is 5.02 Å². The summed E-state index contributed by atoms with van der Waals surface area (Å²) in [5.74, 6) is 0.452. The number of imidazole rings is 1. The zero-order chi connectivity index (χ0) is 23.1. The molecular weight excluding hydrogens is 462 g/mol. The van der Waals surface area contributed by atoms with Crippen LogP contribution in [0.15, 0.2) is 40.3 Å². The molecule has 0 saturated carbocycles. The highest BCUT2D eigenvalue weighted by Crippen LogP contribution is 2.29. The van der Waals surface area contributed by atoms with E-state index in [1.54, 1.807) is 40.5 Å². The first-order chi connectivity index (χ1) is 15.9. The van der Waals surface area contributed by atoms with Gasteiger partial charge in [0.05, 0.1) is 5.69 Å². The summed E-state index contributed by atoms with van der Waals surface area (Å²) in [4.78, 5) is 37.7.